The van der Waals surface area contributed by atoms with Gasteiger partial charge in [0.15, 0.2) is 5.13 Å². The highest BCUT2D eigenvalue weighted by atomic mass is 35.5. The lowest BCUT2D eigenvalue weighted by molar-refractivity contribution is 0.102. The van der Waals surface area contributed by atoms with Crippen LogP contribution in [0.3, 0.4) is 0 Å². The second kappa shape index (κ2) is 5.33. The highest BCUT2D eigenvalue weighted by Gasteiger charge is 2.16. The number of carbonyl (C=O) groups is 1. The topological polar surface area (TPSA) is 42.0 Å². The molecule has 0 radical (unpaired) electrons. The van der Waals surface area contributed by atoms with E-state index in [4.69, 9.17) is 23.2 Å². The zero-order chi connectivity index (χ0) is 14.3. The molecule has 0 unspecified atom stereocenters. The molecule has 3 rings (SSSR count). The van der Waals surface area contributed by atoms with Gasteiger partial charge in [0.25, 0.3) is 5.91 Å². The third-order valence-electron chi connectivity index (χ3n) is 2.74. The van der Waals surface area contributed by atoms with Crippen molar-refractivity contribution < 1.29 is 4.79 Å². The van der Waals surface area contributed by atoms with Gasteiger partial charge in [0, 0.05) is 0 Å². The summed E-state index contributed by atoms with van der Waals surface area (Å²) < 4.78 is 1.90. The number of amides is 1. The fourth-order valence-corrected chi connectivity index (χ4v) is 4.20. The van der Waals surface area contributed by atoms with Crippen molar-refractivity contribution in [3.63, 3.8) is 0 Å². The lowest BCUT2D eigenvalue weighted by Gasteiger charge is -1.98. The Labute approximate surface area is 133 Å². The summed E-state index contributed by atoms with van der Waals surface area (Å²) in [6.45, 7) is 1.99. The lowest BCUT2D eigenvalue weighted by Crippen LogP contribution is -2.10. The standard InChI is InChI=1S/C13H8Cl2N2OS2/c1-6-3-2-4-8-10(6)16-13(19-8)17-12(18)7-5-9(14)20-11(7)15/h2-5H,1H3,(H,16,17,18). The second-order valence-corrected chi connectivity index (χ2v) is 7.45. The van der Waals surface area contributed by atoms with E-state index >= 15 is 0 Å². The summed E-state index contributed by atoms with van der Waals surface area (Å²) in [5.74, 6) is -0.296. The van der Waals surface area contributed by atoms with Crippen LogP contribution in [0.4, 0.5) is 5.13 Å². The Morgan fingerprint density at radius 2 is 2.10 bits per heavy atom. The van der Waals surface area contributed by atoms with E-state index < -0.39 is 0 Å². The summed E-state index contributed by atoms with van der Waals surface area (Å²) in [6.07, 6.45) is 0. The molecule has 0 aliphatic rings. The van der Waals surface area contributed by atoms with Crippen molar-refractivity contribution in [1.82, 2.24) is 4.98 Å². The summed E-state index contributed by atoms with van der Waals surface area (Å²) >= 11 is 14.4. The van der Waals surface area contributed by atoms with E-state index in [0.29, 0.717) is 19.4 Å². The predicted octanol–water partition coefficient (Wildman–Crippen LogP) is 5.23. The molecular weight excluding hydrogens is 335 g/mol. The van der Waals surface area contributed by atoms with Gasteiger partial charge in [-0.1, -0.05) is 46.7 Å². The van der Waals surface area contributed by atoms with Crippen molar-refractivity contribution in [3.05, 3.63) is 44.1 Å². The normalized spacial score (nSPS) is 10.9. The highest BCUT2D eigenvalue weighted by molar-refractivity contribution is 7.22. The van der Waals surface area contributed by atoms with Gasteiger partial charge in [-0.05, 0) is 24.6 Å². The number of hydrogen-bond acceptors (Lipinski definition) is 4. The van der Waals surface area contributed by atoms with Crippen LogP contribution in [-0.2, 0) is 0 Å². The Hall–Kier alpha value is -1.14. The number of aromatic nitrogens is 1. The predicted molar refractivity (Wildman–Crippen MR) is 86.6 cm³/mol. The number of para-hydroxylation sites is 1. The molecule has 1 aromatic carbocycles. The van der Waals surface area contributed by atoms with Gasteiger partial charge in [0.05, 0.1) is 20.1 Å². The van der Waals surface area contributed by atoms with Crippen molar-refractivity contribution in [3.8, 4) is 0 Å². The Bertz CT molecular complexity index is 810. The molecule has 20 heavy (non-hydrogen) atoms. The van der Waals surface area contributed by atoms with Crippen LogP contribution in [0.2, 0.25) is 8.67 Å². The minimum atomic E-state index is -0.296. The maximum Gasteiger partial charge on any atom is 0.259 e. The summed E-state index contributed by atoms with van der Waals surface area (Å²) in [5.41, 5.74) is 2.36. The van der Waals surface area contributed by atoms with Gasteiger partial charge in [0.2, 0.25) is 0 Å². The molecule has 0 aliphatic carbocycles. The summed E-state index contributed by atoms with van der Waals surface area (Å²) in [6, 6.07) is 7.49. The van der Waals surface area contributed by atoms with Gasteiger partial charge in [0.1, 0.15) is 4.34 Å². The lowest BCUT2D eigenvalue weighted by atomic mass is 10.2. The SMILES string of the molecule is Cc1cccc2sc(NC(=O)c3cc(Cl)sc3Cl)nc12. The number of nitrogens with zero attached hydrogens (tertiary/aromatic N) is 1. The molecular formula is C13H8Cl2N2OS2. The maximum absolute atomic E-state index is 12.1. The van der Waals surface area contributed by atoms with E-state index in [9.17, 15) is 4.79 Å². The van der Waals surface area contributed by atoms with Gasteiger partial charge >= 0.3 is 0 Å². The van der Waals surface area contributed by atoms with E-state index in [0.717, 1.165) is 15.8 Å². The molecule has 1 amide bonds. The van der Waals surface area contributed by atoms with Gasteiger partial charge in [-0.3, -0.25) is 10.1 Å². The average molecular weight is 343 g/mol. The second-order valence-electron chi connectivity index (χ2n) is 4.13. The first-order valence-electron chi connectivity index (χ1n) is 5.67. The molecule has 0 saturated heterocycles. The van der Waals surface area contributed by atoms with Crippen LogP contribution in [0, 0.1) is 6.92 Å². The van der Waals surface area contributed by atoms with Crippen LogP contribution < -0.4 is 5.32 Å². The molecule has 0 fully saturated rings. The minimum Gasteiger partial charge on any atom is -0.298 e. The van der Waals surface area contributed by atoms with Crippen LogP contribution in [0.15, 0.2) is 24.3 Å². The minimum absolute atomic E-state index is 0.296. The van der Waals surface area contributed by atoms with Crippen LogP contribution >= 0.6 is 45.9 Å². The molecule has 0 atom stereocenters. The molecule has 0 spiro atoms. The van der Waals surface area contributed by atoms with Crippen LogP contribution in [0.1, 0.15) is 15.9 Å². The first kappa shape index (κ1) is 13.8. The number of anilines is 1. The number of thiophene rings is 1. The Kier molecular flexibility index (Phi) is 3.69. The smallest absolute Gasteiger partial charge is 0.259 e. The van der Waals surface area contributed by atoms with Crippen molar-refractivity contribution in [2.75, 3.05) is 5.32 Å². The van der Waals surface area contributed by atoms with Crippen LogP contribution in [0.5, 0.6) is 0 Å². The zero-order valence-electron chi connectivity index (χ0n) is 10.2. The van der Waals surface area contributed by atoms with Gasteiger partial charge in [-0.25, -0.2) is 4.98 Å². The monoisotopic (exact) mass is 342 g/mol. The fraction of sp³-hybridized carbons (Fsp3) is 0.0769. The number of nitrogens with one attached hydrogen (secondary N) is 1. The van der Waals surface area contributed by atoms with E-state index in [1.54, 1.807) is 6.07 Å². The number of fused-ring (bicyclic) bond motifs is 1. The molecule has 3 nitrogen and oxygen atoms in total. The Balaban J connectivity index is 1.91. The first-order valence-corrected chi connectivity index (χ1v) is 8.06. The van der Waals surface area contributed by atoms with Gasteiger partial charge in [-0.15, -0.1) is 11.3 Å². The molecule has 102 valence electrons. The number of rotatable bonds is 2. The first-order chi connectivity index (χ1) is 9.54. The van der Waals surface area contributed by atoms with Gasteiger partial charge in [-0.2, -0.15) is 0 Å². The number of thiazole rings is 1. The number of benzene rings is 1. The molecule has 0 saturated carbocycles. The number of carbonyl (C=O) groups excluding carboxylic acids is 1. The molecule has 0 bridgehead atoms. The number of aryl methyl sites for hydroxylation is 1. The number of hydrogen-bond donors (Lipinski definition) is 1. The largest absolute Gasteiger partial charge is 0.298 e. The van der Waals surface area contributed by atoms with E-state index in [1.165, 1.54) is 22.7 Å². The number of halogens is 2. The Morgan fingerprint density at radius 1 is 1.30 bits per heavy atom. The van der Waals surface area contributed by atoms with Crippen molar-refractivity contribution >= 4 is 67.1 Å². The van der Waals surface area contributed by atoms with E-state index in [-0.39, 0.29) is 5.91 Å². The zero-order valence-corrected chi connectivity index (χ0v) is 13.4. The molecule has 1 N–H and O–H groups in total. The molecule has 2 aromatic heterocycles. The molecule has 7 heteroatoms. The molecule has 0 aliphatic heterocycles. The highest BCUT2D eigenvalue weighted by Crippen LogP contribution is 2.33. The van der Waals surface area contributed by atoms with Crippen molar-refractivity contribution in [2.24, 2.45) is 0 Å². The summed E-state index contributed by atoms with van der Waals surface area (Å²) in [4.78, 5) is 16.6. The molecule has 2 heterocycles. The summed E-state index contributed by atoms with van der Waals surface area (Å²) in [5, 5.41) is 3.31. The van der Waals surface area contributed by atoms with Crippen LogP contribution in [0.25, 0.3) is 10.2 Å². The summed E-state index contributed by atoms with van der Waals surface area (Å²) in [7, 11) is 0. The fourth-order valence-electron chi connectivity index (χ4n) is 1.80. The van der Waals surface area contributed by atoms with Gasteiger partial charge < -0.3 is 0 Å². The Morgan fingerprint density at radius 3 is 2.75 bits per heavy atom. The van der Waals surface area contributed by atoms with Crippen molar-refractivity contribution in [2.45, 2.75) is 6.92 Å². The van der Waals surface area contributed by atoms with Crippen molar-refractivity contribution in [1.29, 1.82) is 0 Å². The quantitative estimate of drug-likeness (QED) is 0.693. The average Bonchev–Trinajstić information content (AvgIpc) is 2.93. The third kappa shape index (κ3) is 2.54. The van der Waals surface area contributed by atoms with E-state index in [2.05, 4.69) is 10.3 Å². The van der Waals surface area contributed by atoms with Crippen LogP contribution in [-0.4, -0.2) is 10.9 Å². The molecule has 3 aromatic rings. The van der Waals surface area contributed by atoms with E-state index in [1.807, 2.05) is 25.1 Å². The third-order valence-corrected chi connectivity index (χ3v) is 5.17. The maximum atomic E-state index is 12.1.